The zero-order valence-corrected chi connectivity index (χ0v) is 11.8. The molecular formula is C11H7BrClN3O3. The van der Waals surface area contributed by atoms with Gasteiger partial charge >= 0.3 is 5.69 Å². The maximum atomic E-state index is 11.5. The van der Waals surface area contributed by atoms with Crippen LogP contribution in [0.2, 0.25) is 5.02 Å². The summed E-state index contributed by atoms with van der Waals surface area (Å²) in [4.78, 5) is 25.5. The standard InChI is InChI=1S/C11H7BrClN3O3/c12-10-7(2-1-3-9(10)16(18)19)5-15-6-8(13)4-14-11(15)17/h1-4,6H,5H2. The molecule has 0 spiro atoms. The summed E-state index contributed by atoms with van der Waals surface area (Å²) in [5.41, 5.74) is 0.0729. The van der Waals surface area contributed by atoms with Crippen molar-refractivity contribution in [1.29, 1.82) is 0 Å². The predicted molar refractivity (Wildman–Crippen MR) is 73.4 cm³/mol. The fraction of sp³-hybridized carbons (Fsp3) is 0.0909. The second kappa shape index (κ2) is 5.50. The van der Waals surface area contributed by atoms with Crippen LogP contribution in [0.3, 0.4) is 0 Å². The summed E-state index contributed by atoms with van der Waals surface area (Å²) in [6.07, 6.45) is 2.69. The molecule has 0 radical (unpaired) electrons. The summed E-state index contributed by atoms with van der Waals surface area (Å²) in [5.74, 6) is 0. The second-order valence-electron chi connectivity index (χ2n) is 3.69. The lowest BCUT2D eigenvalue weighted by Gasteiger charge is -2.07. The van der Waals surface area contributed by atoms with Crippen LogP contribution in [0, 0.1) is 10.1 Å². The smallest absolute Gasteiger partial charge is 0.293 e. The van der Waals surface area contributed by atoms with Gasteiger partial charge in [0, 0.05) is 12.3 Å². The third kappa shape index (κ3) is 2.99. The Hall–Kier alpha value is -1.73. The van der Waals surface area contributed by atoms with Gasteiger partial charge in [0.25, 0.3) is 5.69 Å². The van der Waals surface area contributed by atoms with E-state index in [0.717, 1.165) is 0 Å². The Morgan fingerprint density at radius 1 is 1.47 bits per heavy atom. The van der Waals surface area contributed by atoms with Crippen molar-refractivity contribution in [2.45, 2.75) is 6.54 Å². The van der Waals surface area contributed by atoms with Crippen LogP contribution in [0.4, 0.5) is 5.69 Å². The van der Waals surface area contributed by atoms with E-state index < -0.39 is 10.6 Å². The van der Waals surface area contributed by atoms with Crippen LogP contribution in [-0.4, -0.2) is 14.5 Å². The average Bonchev–Trinajstić information content (AvgIpc) is 2.36. The predicted octanol–water partition coefficient (Wildman–Crippen LogP) is 2.62. The van der Waals surface area contributed by atoms with Crippen molar-refractivity contribution in [1.82, 2.24) is 9.55 Å². The van der Waals surface area contributed by atoms with Crippen LogP contribution in [0.25, 0.3) is 0 Å². The van der Waals surface area contributed by atoms with Gasteiger partial charge < -0.3 is 0 Å². The minimum atomic E-state index is -0.493. The number of nitrogens with zero attached hydrogens (tertiary/aromatic N) is 3. The third-order valence-electron chi connectivity index (χ3n) is 2.42. The first kappa shape index (κ1) is 13.7. The molecule has 0 saturated carbocycles. The molecule has 1 heterocycles. The summed E-state index contributed by atoms with van der Waals surface area (Å²) in [7, 11) is 0. The molecule has 0 unspecified atom stereocenters. The van der Waals surface area contributed by atoms with Crippen molar-refractivity contribution < 1.29 is 4.92 Å². The van der Waals surface area contributed by atoms with Crippen LogP contribution >= 0.6 is 27.5 Å². The van der Waals surface area contributed by atoms with Crippen molar-refractivity contribution in [3.05, 3.63) is 66.3 Å². The molecule has 19 heavy (non-hydrogen) atoms. The summed E-state index contributed by atoms with van der Waals surface area (Å²) < 4.78 is 1.62. The van der Waals surface area contributed by atoms with Gasteiger partial charge in [-0.25, -0.2) is 9.78 Å². The summed E-state index contributed by atoms with van der Waals surface area (Å²) in [6, 6.07) is 4.62. The number of rotatable bonds is 3. The maximum absolute atomic E-state index is 11.5. The maximum Gasteiger partial charge on any atom is 0.347 e. The molecule has 98 valence electrons. The van der Waals surface area contributed by atoms with Crippen LogP contribution in [0.5, 0.6) is 0 Å². The number of hydrogen-bond donors (Lipinski definition) is 0. The van der Waals surface area contributed by atoms with E-state index in [1.807, 2.05) is 0 Å². The number of benzene rings is 1. The molecule has 0 amide bonds. The molecule has 8 heteroatoms. The molecule has 6 nitrogen and oxygen atoms in total. The Bertz CT molecular complexity index is 702. The molecule has 1 aromatic carbocycles. The van der Waals surface area contributed by atoms with E-state index in [1.165, 1.54) is 23.0 Å². The number of nitro groups is 1. The van der Waals surface area contributed by atoms with Gasteiger partial charge in [0.15, 0.2) is 0 Å². The second-order valence-corrected chi connectivity index (χ2v) is 4.92. The quantitative estimate of drug-likeness (QED) is 0.633. The average molecular weight is 345 g/mol. The lowest BCUT2D eigenvalue weighted by atomic mass is 10.2. The topological polar surface area (TPSA) is 78.0 Å². The first-order chi connectivity index (χ1) is 8.99. The molecule has 2 rings (SSSR count). The van der Waals surface area contributed by atoms with E-state index in [9.17, 15) is 14.9 Å². The molecular weight excluding hydrogens is 337 g/mol. The SMILES string of the molecule is O=c1ncc(Cl)cn1Cc1cccc([N+](=O)[O-])c1Br. The lowest BCUT2D eigenvalue weighted by molar-refractivity contribution is -0.385. The zero-order chi connectivity index (χ0) is 14.0. The normalized spacial score (nSPS) is 10.4. The highest BCUT2D eigenvalue weighted by molar-refractivity contribution is 9.10. The first-order valence-electron chi connectivity index (χ1n) is 5.13. The molecule has 0 fully saturated rings. The molecule has 1 aromatic heterocycles. The van der Waals surface area contributed by atoms with Crippen LogP contribution < -0.4 is 5.69 Å². The van der Waals surface area contributed by atoms with Crippen molar-refractivity contribution in [2.24, 2.45) is 0 Å². The first-order valence-corrected chi connectivity index (χ1v) is 6.30. The molecule has 0 saturated heterocycles. The van der Waals surface area contributed by atoms with E-state index in [0.29, 0.717) is 15.1 Å². The number of nitro benzene ring substituents is 1. The fourth-order valence-electron chi connectivity index (χ4n) is 1.55. The van der Waals surface area contributed by atoms with Crippen LogP contribution in [-0.2, 0) is 6.54 Å². The fourth-order valence-corrected chi connectivity index (χ4v) is 2.26. The van der Waals surface area contributed by atoms with Gasteiger partial charge in [0.2, 0.25) is 0 Å². The highest BCUT2D eigenvalue weighted by atomic mass is 79.9. The van der Waals surface area contributed by atoms with Crippen molar-refractivity contribution in [3.8, 4) is 0 Å². The van der Waals surface area contributed by atoms with E-state index in [1.54, 1.807) is 12.1 Å². The molecule has 2 aromatic rings. The van der Waals surface area contributed by atoms with Crippen LogP contribution in [0.1, 0.15) is 5.56 Å². The Balaban J connectivity index is 2.44. The van der Waals surface area contributed by atoms with Gasteiger partial charge in [-0.05, 0) is 21.5 Å². The molecule has 0 aliphatic heterocycles. The Labute approximate surface area is 120 Å². The highest BCUT2D eigenvalue weighted by Gasteiger charge is 2.15. The van der Waals surface area contributed by atoms with Gasteiger partial charge in [0.05, 0.1) is 22.7 Å². The van der Waals surface area contributed by atoms with Gasteiger partial charge in [0.1, 0.15) is 4.47 Å². The van der Waals surface area contributed by atoms with Gasteiger partial charge in [-0.2, -0.15) is 0 Å². The molecule has 0 atom stereocenters. The minimum absolute atomic E-state index is 0.0551. The van der Waals surface area contributed by atoms with Gasteiger partial charge in [-0.15, -0.1) is 0 Å². The Kier molecular flexibility index (Phi) is 3.96. The van der Waals surface area contributed by atoms with Crippen molar-refractivity contribution in [3.63, 3.8) is 0 Å². The van der Waals surface area contributed by atoms with Gasteiger partial charge in [-0.1, -0.05) is 23.7 Å². The number of aromatic nitrogens is 2. The largest absolute Gasteiger partial charge is 0.347 e. The van der Waals surface area contributed by atoms with Crippen molar-refractivity contribution >= 4 is 33.2 Å². The summed E-state index contributed by atoms with van der Waals surface area (Å²) in [5, 5.41) is 11.1. The highest BCUT2D eigenvalue weighted by Crippen LogP contribution is 2.28. The summed E-state index contributed by atoms with van der Waals surface area (Å²) in [6.45, 7) is 0.147. The molecule has 0 aliphatic rings. The molecule has 0 aliphatic carbocycles. The number of halogens is 2. The minimum Gasteiger partial charge on any atom is -0.293 e. The molecule has 0 bridgehead atoms. The van der Waals surface area contributed by atoms with Gasteiger partial charge in [-0.3, -0.25) is 14.7 Å². The number of hydrogen-bond acceptors (Lipinski definition) is 4. The van der Waals surface area contributed by atoms with E-state index in [4.69, 9.17) is 11.6 Å². The Morgan fingerprint density at radius 2 is 2.21 bits per heavy atom. The monoisotopic (exact) mass is 343 g/mol. The zero-order valence-electron chi connectivity index (χ0n) is 9.42. The van der Waals surface area contributed by atoms with E-state index in [-0.39, 0.29) is 12.2 Å². The third-order valence-corrected chi connectivity index (χ3v) is 3.53. The lowest BCUT2D eigenvalue weighted by Crippen LogP contribution is -2.22. The van der Waals surface area contributed by atoms with E-state index >= 15 is 0 Å². The Morgan fingerprint density at radius 3 is 2.89 bits per heavy atom. The molecule has 0 N–H and O–H groups in total. The van der Waals surface area contributed by atoms with E-state index in [2.05, 4.69) is 20.9 Å². The van der Waals surface area contributed by atoms with Crippen LogP contribution in [0.15, 0.2) is 39.9 Å². The van der Waals surface area contributed by atoms with Crippen molar-refractivity contribution in [2.75, 3.05) is 0 Å². The summed E-state index contributed by atoms with van der Waals surface area (Å²) >= 11 is 8.93.